The van der Waals surface area contributed by atoms with Gasteiger partial charge in [-0.05, 0) is 49.8 Å². The molecule has 2 saturated heterocycles. The third-order valence-electron chi connectivity index (χ3n) is 8.85. The molecule has 1 N–H and O–H groups in total. The molecule has 2 fully saturated rings. The van der Waals surface area contributed by atoms with Gasteiger partial charge in [-0.2, -0.15) is 4.98 Å². The molecule has 2 aromatic heterocycles. The maximum absolute atomic E-state index is 12.6. The molecule has 5 rings (SSSR count). The molecule has 39 heavy (non-hydrogen) atoms. The smallest absolute Gasteiger partial charge is 0.230 e. The molecule has 1 unspecified atom stereocenters. The summed E-state index contributed by atoms with van der Waals surface area (Å²) in [5.74, 6) is 1.70. The van der Waals surface area contributed by atoms with Gasteiger partial charge in [0.1, 0.15) is 5.60 Å². The van der Waals surface area contributed by atoms with Crippen LogP contribution < -0.4 is 0 Å². The predicted molar refractivity (Wildman–Crippen MR) is 150 cm³/mol. The van der Waals surface area contributed by atoms with Gasteiger partial charge in [-0.15, -0.1) is 0 Å². The van der Waals surface area contributed by atoms with E-state index in [0.29, 0.717) is 42.3 Å². The molecule has 208 valence electrons. The van der Waals surface area contributed by atoms with Crippen molar-refractivity contribution in [3.63, 3.8) is 0 Å². The number of amides is 1. The quantitative estimate of drug-likeness (QED) is 0.461. The van der Waals surface area contributed by atoms with Crippen LogP contribution in [0.2, 0.25) is 0 Å². The Labute approximate surface area is 231 Å². The van der Waals surface area contributed by atoms with Crippen molar-refractivity contribution in [2.75, 3.05) is 26.2 Å². The van der Waals surface area contributed by atoms with Crippen molar-refractivity contribution in [1.29, 1.82) is 0 Å². The van der Waals surface area contributed by atoms with Crippen LogP contribution in [-0.2, 0) is 10.4 Å². The number of likely N-dealkylation sites (tertiary alicyclic amines) is 2. The van der Waals surface area contributed by atoms with E-state index in [9.17, 15) is 9.90 Å². The Balaban J connectivity index is 1.47. The van der Waals surface area contributed by atoms with Crippen molar-refractivity contribution >= 4 is 5.91 Å². The second-order valence-corrected chi connectivity index (χ2v) is 12.2. The van der Waals surface area contributed by atoms with Gasteiger partial charge in [-0.1, -0.05) is 50.2 Å². The molecule has 8 nitrogen and oxygen atoms in total. The molecular weight excluding hydrogens is 490 g/mol. The molecule has 0 radical (unpaired) electrons. The summed E-state index contributed by atoms with van der Waals surface area (Å²) in [4.78, 5) is 25.2. The minimum absolute atomic E-state index is 0.102. The fourth-order valence-electron chi connectivity index (χ4n) is 6.14. The van der Waals surface area contributed by atoms with Crippen LogP contribution in [0.25, 0.3) is 11.4 Å². The van der Waals surface area contributed by atoms with Gasteiger partial charge in [0.05, 0.1) is 0 Å². The van der Waals surface area contributed by atoms with Crippen LogP contribution in [0, 0.1) is 5.41 Å². The highest BCUT2D eigenvalue weighted by atomic mass is 16.5. The van der Waals surface area contributed by atoms with Gasteiger partial charge in [0, 0.05) is 74.0 Å². The summed E-state index contributed by atoms with van der Waals surface area (Å²) in [6.07, 6.45) is 5.09. The number of benzene rings is 1. The van der Waals surface area contributed by atoms with Gasteiger partial charge in [0.15, 0.2) is 0 Å². The molecule has 2 aliphatic rings. The van der Waals surface area contributed by atoms with E-state index in [1.54, 1.807) is 19.3 Å². The van der Waals surface area contributed by atoms with Crippen LogP contribution in [0.15, 0.2) is 47.2 Å². The summed E-state index contributed by atoms with van der Waals surface area (Å²) in [6.45, 7) is 15.5. The largest absolute Gasteiger partial charge is 0.380 e. The van der Waals surface area contributed by atoms with Gasteiger partial charge in [0.25, 0.3) is 0 Å². The molecular formula is C31H41N5O3. The molecule has 0 spiro atoms. The zero-order chi connectivity index (χ0) is 27.9. The zero-order valence-electron chi connectivity index (χ0n) is 24.0. The summed E-state index contributed by atoms with van der Waals surface area (Å²) < 4.78 is 5.68. The average Bonchev–Trinajstić information content (AvgIpc) is 3.41. The lowest BCUT2D eigenvalue weighted by Gasteiger charge is -2.58. The maximum atomic E-state index is 12.6. The maximum Gasteiger partial charge on any atom is 0.230 e. The van der Waals surface area contributed by atoms with E-state index >= 15 is 0 Å². The van der Waals surface area contributed by atoms with Crippen molar-refractivity contribution in [2.45, 2.75) is 77.9 Å². The number of pyridine rings is 1. The highest BCUT2D eigenvalue weighted by Gasteiger charge is 2.56. The van der Waals surface area contributed by atoms with Crippen LogP contribution in [0.4, 0.5) is 0 Å². The van der Waals surface area contributed by atoms with E-state index in [0.717, 1.165) is 37.1 Å². The number of aliphatic hydroxyl groups is 1. The highest BCUT2D eigenvalue weighted by Crippen LogP contribution is 2.51. The van der Waals surface area contributed by atoms with E-state index in [1.165, 1.54) is 5.56 Å². The summed E-state index contributed by atoms with van der Waals surface area (Å²) in [7, 11) is 0. The number of rotatable bonds is 7. The van der Waals surface area contributed by atoms with Crippen molar-refractivity contribution in [3.05, 3.63) is 65.3 Å². The van der Waals surface area contributed by atoms with Gasteiger partial charge in [0.2, 0.25) is 17.6 Å². The van der Waals surface area contributed by atoms with Crippen molar-refractivity contribution in [3.8, 4) is 11.4 Å². The lowest BCUT2D eigenvalue weighted by atomic mass is 9.61. The van der Waals surface area contributed by atoms with Gasteiger partial charge in [-0.3, -0.25) is 14.7 Å². The normalized spacial score (nSPS) is 19.8. The van der Waals surface area contributed by atoms with E-state index in [1.807, 2.05) is 11.0 Å². The lowest BCUT2D eigenvalue weighted by Crippen LogP contribution is -2.66. The molecule has 3 aromatic rings. The van der Waals surface area contributed by atoms with Crippen molar-refractivity contribution < 1.29 is 14.4 Å². The van der Waals surface area contributed by atoms with E-state index in [4.69, 9.17) is 9.51 Å². The topological polar surface area (TPSA) is 95.6 Å². The van der Waals surface area contributed by atoms with Gasteiger partial charge < -0.3 is 14.5 Å². The predicted octanol–water partition coefficient (Wildman–Crippen LogP) is 4.95. The van der Waals surface area contributed by atoms with Crippen LogP contribution in [0.3, 0.4) is 0 Å². The molecule has 2 aliphatic heterocycles. The third-order valence-corrected chi connectivity index (χ3v) is 8.85. The minimum atomic E-state index is -1.25. The number of hydrogen-bond donors (Lipinski definition) is 1. The molecule has 0 bridgehead atoms. The Morgan fingerprint density at radius 2 is 1.74 bits per heavy atom. The second-order valence-electron chi connectivity index (χ2n) is 12.2. The number of aromatic nitrogens is 3. The molecule has 1 aromatic carbocycles. The van der Waals surface area contributed by atoms with E-state index < -0.39 is 11.0 Å². The number of carbonyl (C=O) groups excluding carboxylic acids is 1. The van der Waals surface area contributed by atoms with Gasteiger partial charge >= 0.3 is 0 Å². The van der Waals surface area contributed by atoms with Crippen LogP contribution in [0.1, 0.15) is 88.8 Å². The van der Waals surface area contributed by atoms with Crippen molar-refractivity contribution in [1.82, 2.24) is 24.9 Å². The lowest BCUT2D eigenvalue weighted by molar-refractivity contribution is -0.144. The summed E-state index contributed by atoms with van der Waals surface area (Å²) >= 11 is 0. The molecule has 0 saturated carbocycles. The monoisotopic (exact) mass is 531 g/mol. The molecule has 4 heterocycles. The Morgan fingerprint density at radius 3 is 2.33 bits per heavy atom. The Hall–Kier alpha value is -3.10. The highest BCUT2D eigenvalue weighted by molar-refractivity contribution is 5.73. The van der Waals surface area contributed by atoms with E-state index in [-0.39, 0.29) is 11.8 Å². The number of hydrogen-bond acceptors (Lipinski definition) is 7. The first kappa shape index (κ1) is 27.5. The molecule has 8 heteroatoms. The fraction of sp³-hybridized carbons (Fsp3) is 0.548. The van der Waals surface area contributed by atoms with Crippen LogP contribution in [-0.4, -0.2) is 68.2 Å². The molecule has 0 aliphatic carbocycles. The Morgan fingerprint density at radius 1 is 1.08 bits per heavy atom. The fourth-order valence-corrected chi connectivity index (χ4v) is 6.14. The standard InChI is InChI=1S/C31H41N5O3/c1-20(2)23-7-9-26(10-8-23)31(38,30(6)18-36(19-30)21(3)4)27-15-25(16-32-17-27)28-33-29(39-34-28)24-11-13-35(14-12-24)22(5)37/h7-10,15-17,20-21,24,38H,11-14,18-19H2,1-6H3. The molecule has 1 atom stereocenters. The number of carbonyl (C=O) groups is 1. The first-order chi connectivity index (χ1) is 18.5. The number of nitrogens with zero attached hydrogens (tertiary/aromatic N) is 5. The average molecular weight is 532 g/mol. The van der Waals surface area contributed by atoms with Crippen molar-refractivity contribution in [2.24, 2.45) is 5.41 Å². The Bertz CT molecular complexity index is 1300. The number of piperidine rings is 1. The second kappa shape index (κ2) is 10.5. The van der Waals surface area contributed by atoms with Crippen LogP contribution in [0.5, 0.6) is 0 Å². The minimum Gasteiger partial charge on any atom is -0.380 e. The first-order valence-electron chi connectivity index (χ1n) is 14.1. The summed E-state index contributed by atoms with van der Waals surface area (Å²) in [6, 6.07) is 10.7. The Kier molecular flexibility index (Phi) is 7.37. The zero-order valence-corrected chi connectivity index (χ0v) is 24.0. The summed E-state index contributed by atoms with van der Waals surface area (Å²) in [5.41, 5.74) is 1.90. The van der Waals surface area contributed by atoms with Gasteiger partial charge in [-0.25, -0.2) is 0 Å². The van der Waals surface area contributed by atoms with E-state index in [2.05, 4.69) is 73.9 Å². The first-order valence-corrected chi connectivity index (χ1v) is 14.1. The summed E-state index contributed by atoms with van der Waals surface area (Å²) in [5, 5.41) is 16.9. The SMILES string of the molecule is CC(=O)N1CCC(c2nc(-c3cncc(C(O)(c4ccc(C(C)C)cc4)C4(C)CN(C(C)C)C4)c3)no2)CC1. The third kappa shape index (κ3) is 5.00. The molecule has 1 amide bonds. The van der Waals surface area contributed by atoms with Crippen LogP contribution >= 0.6 is 0 Å².